The maximum Gasteiger partial charge on any atom is 0.333 e. The molecule has 0 aromatic rings. The lowest BCUT2D eigenvalue weighted by Crippen LogP contribution is -2.67. The lowest BCUT2D eigenvalue weighted by atomic mass is 10.3. The van der Waals surface area contributed by atoms with Gasteiger partial charge in [-0.25, -0.2) is 4.79 Å². The molecule has 14 nitrogen and oxygen atoms in total. The number of aliphatic hydroxyl groups is 1. The molecule has 4 rings (SSSR count). The van der Waals surface area contributed by atoms with E-state index in [9.17, 15) is 9.90 Å². The minimum Gasteiger partial charge on any atom is -0.460 e. The third-order valence-electron chi connectivity index (χ3n) is 8.59. The van der Waals surface area contributed by atoms with E-state index in [0.717, 1.165) is 57.2 Å². The zero-order valence-corrected chi connectivity index (χ0v) is 34.9. The Hall–Kier alpha value is -0.402. The first-order valence-electron chi connectivity index (χ1n) is 18.3. The van der Waals surface area contributed by atoms with Gasteiger partial charge < -0.3 is 59.5 Å². The second-order valence-electron chi connectivity index (χ2n) is 14.6. The third-order valence-corrected chi connectivity index (χ3v) is 27.5. The summed E-state index contributed by atoms with van der Waals surface area (Å²) in [5, 5.41) is 10.2. The molecule has 6 unspecified atom stereocenters. The van der Waals surface area contributed by atoms with Crippen molar-refractivity contribution in [1.82, 2.24) is 0 Å². The molecule has 0 aromatic carbocycles. The minimum absolute atomic E-state index is 0.0494. The number of carbonyl (C=O) groups is 1. The van der Waals surface area contributed by atoms with Crippen molar-refractivity contribution >= 4 is 40.2 Å². The lowest BCUT2D eigenvalue weighted by Gasteiger charge is -2.50. The van der Waals surface area contributed by atoms with Crippen LogP contribution in [0.5, 0.6) is 0 Å². The number of esters is 1. The summed E-state index contributed by atoms with van der Waals surface area (Å²) < 4.78 is 73.2. The molecular weight excluding hydrogens is 721 g/mol. The Morgan fingerprint density at radius 1 is 0.640 bits per heavy atom. The maximum atomic E-state index is 11.6. The van der Waals surface area contributed by atoms with Gasteiger partial charge in [0, 0.05) is 32.0 Å². The molecule has 0 bridgehead atoms. The second-order valence-corrected chi connectivity index (χ2v) is 28.9. The quantitative estimate of drug-likeness (QED) is 0.0423. The predicted molar refractivity (Wildman–Crippen MR) is 193 cm³/mol. The van der Waals surface area contributed by atoms with Crippen LogP contribution in [0.15, 0.2) is 12.2 Å². The van der Waals surface area contributed by atoms with E-state index in [1.165, 1.54) is 0 Å². The van der Waals surface area contributed by atoms with Gasteiger partial charge >= 0.3 is 40.2 Å². The summed E-state index contributed by atoms with van der Waals surface area (Å²) in [5.74, 6) is -0.534. The minimum atomic E-state index is -2.86. The summed E-state index contributed by atoms with van der Waals surface area (Å²) in [6, 6.07) is 2.96. The van der Waals surface area contributed by atoms with E-state index in [-0.39, 0.29) is 37.1 Å². The molecule has 290 valence electrons. The van der Waals surface area contributed by atoms with Gasteiger partial charge in [0.15, 0.2) is 0 Å². The molecule has 4 aliphatic rings. The molecule has 4 heterocycles. The van der Waals surface area contributed by atoms with Crippen LogP contribution in [0.4, 0.5) is 0 Å². The van der Waals surface area contributed by atoms with Crippen LogP contribution in [0.1, 0.15) is 32.6 Å². The van der Waals surface area contributed by atoms with Gasteiger partial charge in [0.2, 0.25) is 0 Å². The summed E-state index contributed by atoms with van der Waals surface area (Å²) in [6.07, 6.45) is 2.87. The Labute approximate surface area is 302 Å². The van der Waals surface area contributed by atoms with E-state index in [1.54, 1.807) is 6.92 Å². The lowest BCUT2D eigenvalue weighted by molar-refractivity contribution is -0.143. The molecule has 1 N–H and O–H groups in total. The summed E-state index contributed by atoms with van der Waals surface area (Å²) in [6.45, 7) is 20.0. The molecule has 50 heavy (non-hydrogen) atoms. The van der Waals surface area contributed by atoms with Gasteiger partial charge in [-0.3, -0.25) is 0 Å². The first-order chi connectivity index (χ1) is 23.8. The van der Waals surface area contributed by atoms with E-state index in [4.69, 9.17) is 54.4 Å². The van der Waals surface area contributed by atoms with Crippen LogP contribution < -0.4 is 0 Å². The number of carbonyl (C=O) groups excluding carboxylic acids is 1. The SMILES string of the molecule is C=C(C)C(=O)OCC(O)COCCC[Si]1(C)O[Si](C)(CCCOCC2CO2)O[Si](C)(CCCOCC2CO2)O[Si](C)(CCCOCC2CO2)O1. The van der Waals surface area contributed by atoms with Crippen molar-refractivity contribution in [1.29, 1.82) is 0 Å². The van der Waals surface area contributed by atoms with Gasteiger partial charge in [-0.15, -0.1) is 0 Å². The molecule has 4 aliphatic heterocycles. The number of epoxide rings is 3. The zero-order valence-electron chi connectivity index (χ0n) is 30.9. The third kappa shape index (κ3) is 17.2. The summed E-state index contributed by atoms with van der Waals surface area (Å²) in [5.41, 5.74) is 0.284. The molecule has 18 heteroatoms. The average molecular weight is 783 g/mol. The average Bonchev–Trinajstić information content (AvgIpc) is 3.87. The molecule has 0 radical (unpaired) electrons. The highest BCUT2D eigenvalue weighted by Gasteiger charge is 2.56. The summed E-state index contributed by atoms with van der Waals surface area (Å²) in [4.78, 5) is 11.6. The largest absolute Gasteiger partial charge is 0.460 e. The molecule has 0 amide bonds. The zero-order chi connectivity index (χ0) is 36.1. The molecule has 0 aliphatic carbocycles. The Bertz CT molecular complexity index is 1010. The van der Waals surface area contributed by atoms with Gasteiger partial charge in [-0.2, -0.15) is 0 Å². The fourth-order valence-electron chi connectivity index (χ4n) is 6.00. The smallest absolute Gasteiger partial charge is 0.333 e. The Kier molecular flexibility index (Phi) is 17.2. The number of rotatable bonds is 27. The van der Waals surface area contributed by atoms with Crippen LogP contribution in [-0.2, 0) is 59.2 Å². The van der Waals surface area contributed by atoms with Crippen molar-refractivity contribution < 1.29 is 64.3 Å². The first-order valence-corrected chi connectivity index (χ1v) is 28.3. The maximum absolute atomic E-state index is 11.6. The van der Waals surface area contributed by atoms with Gasteiger partial charge in [-0.1, -0.05) is 6.58 Å². The van der Waals surface area contributed by atoms with E-state index in [2.05, 4.69) is 32.8 Å². The molecule has 4 saturated heterocycles. The number of aliphatic hydroxyl groups excluding tert-OH is 1. The van der Waals surface area contributed by atoms with Gasteiger partial charge in [0.05, 0.1) is 46.2 Å². The van der Waals surface area contributed by atoms with Crippen LogP contribution in [0.3, 0.4) is 0 Å². The normalized spacial score (nSPS) is 34.1. The van der Waals surface area contributed by atoms with Crippen molar-refractivity contribution in [2.24, 2.45) is 0 Å². The number of ether oxygens (including phenoxy) is 8. The molecule has 4 fully saturated rings. The molecule has 6 atom stereocenters. The van der Waals surface area contributed by atoms with Crippen molar-refractivity contribution in [3.8, 4) is 0 Å². The topological polar surface area (TPSA) is 158 Å². The molecule has 0 aromatic heterocycles. The van der Waals surface area contributed by atoms with E-state index >= 15 is 0 Å². The van der Waals surface area contributed by atoms with Crippen LogP contribution in [0, 0.1) is 0 Å². The van der Waals surface area contributed by atoms with Crippen molar-refractivity contribution in [3.63, 3.8) is 0 Å². The number of hydrogen-bond donors (Lipinski definition) is 1. The van der Waals surface area contributed by atoms with Crippen molar-refractivity contribution in [2.75, 3.05) is 79.3 Å². The highest BCUT2D eigenvalue weighted by molar-refractivity contribution is 6.93. The van der Waals surface area contributed by atoms with Crippen LogP contribution in [0.2, 0.25) is 50.4 Å². The van der Waals surface area contributed by atoms with Crippen molar-refractivity contribution in [2.45, 2.75) is 107 Å². The highest BCUT2D eigenvalue weighted by atomic mass is 28.5. The first kappa shape index (κ1) is 42.3. The monoisotopic (exact) mass is 782 g/mol. The van der Waals surface area contributed by atoms with E-state index in [0.29, 0.717) is 58.7 Å². The standard InChI is InChI=1S/C32H62O14Si4/c1-27(2)32(34)42-20-28(33)19-35-11-7-15-47(3)43-48(4,16-8-12-36-21-29-24-39-29)45-50(6,18-10-14-38-23-31-26-41-31)46-49(5,44-47)17-9-13-37-22-30-25-40-30/h28-31,33H,1,7-26H2,2-6H3. The fraction of sp³-hybridized carbons (Fsp3) is 0.906. The molecule has 0 saturated carbocycles. The fourth-order valence-corrected chi connectivity index (χ4v) is 29.2. The summed E-state index contributed by atoms with van der Waals surface area (Å²) in [7, 11) is -11.3. The van der Waals surface area contributed by atoms with Gasteiger partial charge in [0.25, 0.3) is 0 Å². The van der Waals surface area contributed by atoms with Crippen LogP contribution in [0.25, 0.3) is 0 Å². The Morgan fingerprint density at radius 2 is 0.960 bits per heavy atom. The number of hydrogen-bond acceptors (Lipinski definition) is 14. The molecular formula is C32H62O14Si4. The Balaban J connectivity index is 1.38. The summed E-state index contributed by atoms with van der Waals surface area (Å²) >= 11 is 0. The van der Waals surface area contributed by atoms with Crippen LogP contribution >= 0.6 is 0 Å². The predicted octanol–water partition coefficient (Wildman–Crippen LogP) is 3.66. The second kappa shape index (κ2) is 20.3. The highest BCUT2D eigenvalue weighted by Crippen LogP contribution is 2.39. The van der Waals surface area contributed by atoms with E-state index < -0.39 is 46.3 Å². The van der Waals surface area contributed by atoms with Gasteiger partial charge in [0.1, 0.15) is 31.0 Å². The molecule has 0 spiro atoms. The Morgan fingerprint density at radius 3 is 1.26 bits per heavy atom. The van der Waals surface area contributed by atoms with E-state index in [1.807, 2.05) is 0 Å². The van der Waals surface area contributed by atoms with Crippen molar-refractivity contribution in [3.05, 3.63) is 12.2 Å². The van der Waals surface area contributed by atoms with Crippen LogP contribution in [-0.4, -0.2) is 149 Å². The van der Waals surface area contributed by atoms with Gasteiger partial charge in [-0.05, 0) is 83.0 Å².